The fraction of sp³-hybridized carbons (Fsp3) is 0.286. The first-order chi connectivity index (χ1) is 9.08. The molecule has 1 aromatic carbocycles. The number of aromatic carboxylic acids is 1. The quantitative estimate of drug-likeness (QED) is 0.928. The Labute approximate surface area is 118 Å². The van der Waals surface area contributed by atoms with Gasteiger partial charge in [0.05, 0.1) is 5.69 Å². The first-order valence-electron chi connectivity index (χ1n) is 6.07. The molecule has 0 spiro atoms. The van der Waals surface area contributed by atoms with Crippen molar-refractivity contribution in [2.24, 2.45) is 0 Å². The van der Waals surface area contributed by atoms with Crippen LogP contribution in [0.5, 0.6) is 0 Å². The minimum atomic E-state index is -1.05. The van der Waals surface area contributed by atoms with Crippen molar-refractivity contribution in [2.45, 2.75) is 25.7 Å². The van der Waals surface area contributed by atoms with Crippen molar-refractivity contribution in [3.05, 3.63) is 39.7 Å². The third-order valence-corrected chi connectivity index (χ3v) is 4.17. The molecule has 0 saturated heterocycles. The minimum absolute atomic E-state index is 0.0168. The summed E-state index contributed by atoms with van der Waals surface area (Å²) in [5, 5.41) is 9.18. The third kappa shape index (κ3) is 2.18. The SMILES string of the molecule is Cc1c(Br)cccc1-c1nc(C2CC2)c(C(=O)O)o1. The van der Waals surface area contributed by atoms with Crippen LogP contribution in [0.4, 0.5) is 0 Å². The second-order valence-corrected chi connectivity index (χ2v) is 5.58. The van der Waals surface area contributed by atoms with E-state index in [1.165, 1.54) is 0 Å². The van der Waals surface area contributed by atoms with Gasteiger partial charge in [-0.25, -0.2) is 9.78 Å². The molecule has 1 saturated carbocycles. The Balaban J connectivity index is 2.13. The van der Waals surface area contributed by atoms with Gasteiger partial charge in [0.1, 0.15) is 0 Å². The van der Waals surface area contributed by atoms with E-state index in [2.05, 4.69) is 20.9 Å². The van der Waals surface area contributed by atoms with Crippen molar-refractivity contribution in [3.8, 4) is 11.5 Å². The maximum absolute atomic E-state index is 11.2. The summed E-state index contributed by atoms with van der Waals surface area (Å²) in [5.41, 5.74) is 2.40. The van der Waals surface area contributed by atoms with Crippen molar-refractivity contribution in [3.63, 3.8) is 0 Å². The average molecular weight is 322 g/mol. The number of carboxylic acids is 1. The van der Waals surface area contributed by atoms with Crippen molar-refractivity contribution in [2.75, 3.05) is 0 Å². The van der Waals surface area contributed by atoms with Crippen LogP contribution in [-0.4, -0.2) is 16.1 Å². The molecule has 1 heterocycles. The molecule has 1 aromatic heterocycles. The number of hydrogen-bond donors (Lipinski definition) is 1. The van der Waals surface area contributed by atoms with Crippen LogP contribution in [0.1, 0.15) is 40.6 Å². The maximum Gasteiger partial charge on any atom is 0.373 e. The van der Waals surface area contributed by atoms with Gasteiger partial charge in [-0.3, -0.25) is 0 Å². The number of carboxylic acid groups (broad SMARTS) is 1. The van der Waals surface area contributed by atoms with Crippen molar-refractivity contribution < 1.29 is 14.3 Å². The summed E-state index contributed by atoms with van der Waals surface area (Å²) >= 11 is 3.45. The third-order valence-electron chi connectivity index (χ3n) is 3.31. The lowest BCUT2D eigenvalue weighted by Gasteiger charge is -2.02. The second kappa shape index (κ2) is 4.49. The first kappa shape index (κ1) is 12.4. The zero-order chi connectivity index (χ0) is 13.6. The van der Waals surface area contributed by atoms with Crippen LogP contribution in [0, 0.1) is 6.92 Å². The van der Waals surface area contributed by atoms with E-state index in [0.717, 1.165) is 28.4 Å². The highest BCUT2D eigenvalue weighted by Gasteiger charge is 2.33. The molecule has 1 fully saturated rings. The largest absolute Gasteiger partial charge is 0.475 e. The Kier molecular flexibility index (Phi) is 2.93. The molecule has 19 heavy (non-hydrogen) atoms. The Morgan fingerprint density at radius 2 is 2.21 bits per heavy atom. The summed E-state index contributed by atoms with van der Waals surface area (Å²) in [6, 6.07) is 5.70. The molecule has 0 bridgehead atoms. The Morgan fingerprint density at radius 1 is 1.47 bits per heavy atom. The smallest absolute Gasteiger partial charge is 0.373 e. The van der Waals surface area contributed by atoms with Crippen molar-refractivity contribution in [1.82, 2.24) is 4.98 Å². The van der Waals surface area contributed by atoms with Crippen LogP contribution in [0.15, 0.2) is 27.1 Å². The maximum atomic E-state index is 11.2. The monoisotopic (exact) mass is 321 g/mol. The molecule has 1 aliphatic rings. The van der Waals surface area contributed by atoms with Crippen LogP contribution in [0.25, 0.3) is 11.5 Å². The van der Waals surface area contributed by atoms with Crippen LogP contribution < -0.4 is 0 Å². The second-order valence-electron chi connectivity index (χ2n) is 4.73. The molecule has 3 rings (SSSR count). The molecule has 5 heteroatoms. The summed E-state index contributed by atoms with van der Waals surface area (Å²) in [5.74, 6) is -0.431. The molecule has 2 aromatic rings. The average Bonchev–Trinajstić information content (AvgIpc) is 3.12. The van der Waals surface area contributed by atoms with E-state index >= 15 is 0 Å². The van der Waals surface area contributed by atoms with E-state index in [-0.39, 0.29) is 11.7 Å². The van der Waals surface area contributed by atoms with Crippen molar-refractivity contribution in [1.29, 1.82) is 0 Å². The Hall–Kier alpha value is -1.62. The lowest BCUT2D eigenvalue weighted by molar-refractivity contribution is 0.0661. The van der Waals surface area contributed by atoms with Gasteiger partial charge in [0.2, 0.25) is 11.7 Å². The van der Waals surface area contributed by atoms with Gasteiger partial charge in [0, 0.05) is 16.0 Å². The van der Waals surface area contributed by atoms with E-state index < -0.39 is 5.97 Å². The van der Waals surface area contributed by atoms with Gasteiger partial charge >= 0.3 is 5.97 Å². The summed E-state index contributed by atoms with van der Waals surface area (Å²) < 4.78 is 6.42. The van der Waals surface area contributed by atoms with Crippen molar-refractivity contribution >= 4 is 21.9 Å². The van der Waals surface area contributed by atoms with E-state index in [4.69, 9.17) is 4.42 Å². The zero-order valence-electron chi connectivity index (χ0n) is 10.3. The fourth-order valence-electron chi connectivity index (χ4n) is 2.07. The normalized spacial score (nSPS) is 14.6. The van der Waals surface area contributed by atoms with E-state index in [9.17, 15) is 9.90 Å². The van der Waals surface area contributed by atoms with Gasteiger partial charge in [0.25, 0.3) is 0 Å². The summed E-state index contributed by atoms with van der Waals surface area (Å²) in [6.07, 6.45) is 1.98. The van der Waals surface area contributed by atoms with Crippen LogP contribution in [0.2, 0.25) is 0 Å². The molecular weight excluding hydrogens is 310 g/mol. The highest BCUT2D eigenvalue weighted by molar-refractivity contribution is 9.10. The molecule has 0 radical (unpaired) electrons. The molecule has 0 unspecified atom stereocenters. The molecule has 0 aliphatic heterocycles. The fourth-order valence-corrected chi connectivity index (χ4v) is 2.44. The van der Waals surface area contributed by atoms with Gasteiger partial charge in [-0.1, -0.05) is 22.0 Å². The molecule has 0 atom stereocenters. The van der Waals surface area contributed by atoms with E-state index in [0.29, 0.717) is 11.6 Å². The summed E-state index contributed by atoms with van der Waals surface area (Å²) in [7, 11) is 0. The van der Waals surface area contributed by atoms with E-state index in [1.807, 2.05) is 25.1 Å². The van der Waals surface area contributed by atoms with Gasteiger partial charge in [-0.15, -0.1) is 0 Å². The van der Waals surface area contributed by atoms with Crippen LogP contribution >= 0.6 is 15.9 Å². The standard InChI is InChI=1S/C14H12BrNO3/c1-7-9(3-2-4-10(7)15)13-16-11(8-5-6-8)12(19-13)14(17)18/h2-4,8H,5-6H2,1H3,(H,17,18). The molecule has 98 valence electrons. The summed E-state index contributed by atoms with van der Waals surface area (Å²) in [4.78, 5) is 15.6. The number of carbonyl (C=O) groups is 1. The topological polar surface area (TPSA) is 63.3 Å². The first-order valence-corrected chi connectivity index (χ1v) is 6.86. The lowest BCUT2D eigenvalue weighted by atomic mass is 10.1. The molecule has 0 amide bonds. The molecular formula is C14H12BrNO3. The number of aromatic nitrogens is 1. The number of rotatable bonds is 3. The number of oxazole rings is 1. The number of hydrogen-bond acceptors (Lipinski definition) is 3. The number of halogens is 1. The minimum Gasteiger partial charge on any atom is -0.475 e. The predicted molar refractivity (Wildman–Crippen MR) is 73.3 cm³/mol. The van der Waals surface area contributed by atoms with Gasteiger partial charge < -0.3 is 9.52 Å². The van der Waals surface area contributed by atoms with Gasteiger partial charge in [-0.05, 0) is 37.5 Å². The Bertz CT molecular complexity index is 659. The van der Waals surface area contributed by atoms with E-state index in [1.54, 1.807) is 0 Å². The highest BCUT2D eigenvalue weighted by atomic mass is 79.9. The number of nitrogens with zero attached hydrogens (tertiary/aromatic N) is 1. The molecule has 1 N–H and O–H groups in total. The lowest BCUT2D eigenvalue weighted by Crippen LogP contribution is -1.98. The number of benzene rings is 1. The van der Waals surface area contributed by atoms with Crippen LogP contribution in [0.3, 0.4) is 0 Å². The predicted octanol–water partition coefficient (Wildman–Crippen LogP) is 3.99. The Morgan fingerprint density at radius 3 is 2.84 bits per heavy atom. The molecule has 1 aliphatic carbocycles. The molecule has 4 nitrogen and oxygen atoms in total. The van der Waals surface area contributed by atoms with Crippen LogP contribution in [-0.2, 0) is 0 Å². The zero-order valence-corrected chi connectivity index (χ0v) is 11.9. The van der Waals surface area contributed by atoms with Gasteiger partial charge in [0.15, 0.2) is 0 Å². The highest BCUT2D eigenvalue weighted by Crippen LogP contribution is 2.42. The van der Waals surface area contributed by atoms with Gasteiger partial charge in [-0.2, -0.15) is 0 Å². The summed E-state index contributed by atoms with van der Waals surface area (Å²) in [6.45, 7) is 1.95.